The maximum Gasteiger partial charge on any atom is 0.410 e. The number of aromatic nitrogens is 2. The van der Waals surface area contributed by atoms with Gasteiger partial charge in [0.15, 0.2) is 0 Å². The minimum Gasteiger partial charge on any atom is -0.444 e. The highest BCUT2D eigenvalue weighted by Gasteiger charge is 2.35. The molecule has 144 valence electrons. The molecule has 1 unspecified atom stereocenters. The van der Waals surface area contributed by atoms with E-state index in [1.54, 1.807) is 11.1 Å². The summed E-state index contributed by atoms with van der Waals surface area (Å²) in [6.07, 6.45) is 4.26. The van der Waals surface area contributed by atoms with E-state index in [0.29, 0.717) is 25.3 Å². The Hall–Kier alpha value is -2.57. The smallest absolute Gasteiger partial charge is 0.410 e. The molecule has 7 nitrogen and oxygen atoms in total. The summed E-state index contributed by atoms with van der Waals surface area (Å²) < 4.78 is 7.51. The highest BCUT2D eigenvalue weighted by Crippen LogP contribution is 2.25. The minimum absolute atomic E-state index is 0.0220. The molecule has 2 aliphatic rings. The van der Waals surface area contributed by atoms with Gasteiger partial charge in [0.25, 0.3) is 5.91 Å². The number of nitrogens with zero attached hydrogens (tertiary/aromatic N) is 4. The molecule has 0 spiro atoms. The van der Waals surface area contributed by atoms with Crippen LogP contribution in [-0.4, -0.2) is 55.9 Å². The van der Waals surface area contributed by atoms with Crippen LogP contribution >= 0.6 is 0 Å². The van der Waals surface area contributed by atoms with Gasteiger partial charge in [0.2, 0.25) is 0 Å². The first kappa shape index (κ1) is 17.8. The Balaban J connectivity index is 1.54. The molecule has 0 aliphatic carbocycles. The summed E-state index contributed by atoms with van der Waals surface area (Å²) in [6.45, 7) is 7.34. The van der Waals surface area contributed by atoms with Crippen LogP contribution in [0.4, 0.5) is 4.79 Å². The fraction of sp³-hybridized carbons (Fsp3) is 0.550. The molecule has 0 radical (unpaired) electrons. The zero-order chi connectivity index (χ0) is 19.2. The molecular formula is C20H26N4O3. The molecule has 1 fully saturated rings. The standard InChI is InChI=1S/C20H26N4O3/c1-20(2,3)27-19(26)23-10-5-4-7-14(23)12-22-13-15-8-6-9-17-21-11-16(18(22)25)24(15)17/h6,8-9,11,14H,4-5,7,10,12-13H2,1-3H3. The molecule has 27 heavy (non-hydrogen) atoms. The lowest BCUT2D eigenvalue weighted by molar-refractivity contribution is 0.00429. The average Bonchev–Trinajstić information content (AvgIpc) is 3.04. The van der Waals surface area contributed by atoms with Crippen LogP contribution in [0.3, 0.4) is 0 Å². The molecule has 4 rings (SSSR count). The maximum absolute atomic E-state index is 13.0. The summed E-state index contributed by atoms with van der Waals surface area (Å²) in [5, 5.41) is 0. The number of carbonyl (C=O) groups is 2. The normalized spacial score (nSPS) is 20.3. The predicted molar refractivity (Wildman–Crippen MR) is 101 cm³/mol. The molecule has 0 N–H and O–H groups in total. The highest BCUT2D eigenvalue weighted by molar-refractivity contribution is 5.94. The van der Waals surface area contributed by atoms with E-state index in [0.717, 1.165) is 30.6 Å². The van der Waals surface area contributed by atoms with Crippen LogP contribution in [0.15, 0.2) is 24.4 Å². The van der Waals surface area contributed by atoms with E-state index < -0.39 is 5.60 Å². The molecule has 0 saturated carbocycles. The number of pyridine rings is 1. The van der Waals surface area contributed by atoms with Crippen LogP contribution in [0.2, 0.25) is 0 Å². The Labute approximate surface area is 158 Å². The monoisotopic (exact) mass is 370 g/mol. The zero-order valence-electron chi connectivity index (χ0n) is 16.1. The lowest BCUT2D eigenvalue weighted by Gasteiger charge is -2.40. The number of ether oxygens (including phenoxy) is 1. The first-order valence-corrected chi connectivity index (χ1v) is 9.58. The number of hydrogen-bond donors (Lipinski definition) is 0. The van der Waals surface area contributed by atoms with E-state index in [2.05, 4.69) is 4.98 Å². The molecule has 0 bridgehead atoms. The lowest BCUT2D eigenvalue weighted by atomic mass is 10.0. The number of hydrogen-bond acceptors (Lipinski definition) is 4. The van der Waals surface area contributed by atoms with E-state index in [-0.39, 0.29) is 18.0 Å². The number of likely N-dealkylation sites (tertiary alicyclic amines) is 1. The summed E-state index contributed by atoms with van der Waals surface area (Å²) in [7, 11) is 0. The van der Waals surface area contributed by atoms with Crippen molar-refractivity contribution in [2.45, 2.75) is 58.2 Å². The van der Waals surface area contributed by atoms with Gasteiger partial charge in [-0.2, -0.15) is 0 Å². The molecule has 7 heteroatoms. The SMILES string of the molecule is CC(C)(C)OC(=O)N1CCCCC1CN1Cc2cccc3ncc(n23)C1=O. The number of piperidine rings is 1. The average molecular weight is 370 g/mol. The van der Waals surface area contributed by atoms with Gasteiger partial charge < -0.3 is 14.5 Å². The van der Waals surface area contributed by atoms with Crippen molar-refractivity contribution in [2.75, 3.05) is 13.1 Å². The quantitative estimate of drug-likeness (QED) is 0.815. The van der Waals surface area contributed by atoms with Crippen LogP contribution in [0, 0.1) is 0 Å². The molecule has 4 heterocycles. The fourth-order valence-corrected chi connectivity index (χ4v) is 3.96. The summed E-state index contributed by atoms with van der Waals surface area (Å²) in [5.74, 6) is -0.0316. The third-order valence-electron chi connectivity index (χ3n) is 5.16. The van der Waals surface area contributed by atoms with Gasteiger partial charge in [-0.3, -0.25) is 9.20 Å². The number of carbonyl (C=O) groups excluding carboxylic acids is 2. The van der Waals surface area contributed by atoms with Crippen molar-refractivity contribution in [3.63, 3.8) is 0 Å². The van der Waals surface area contributed by atoms with Gasteiger partial charge >= 0.3 is 6.09 Å². The Kier molecular flexibility index (Phi) is 4.32. The third-order valence-corrected chi connectivity index (χ3v) is 5.16. The van der Waals surface area contributed by atoms with Gasteiger partial charge in [-0.1, -0.05) is 6.07 Å². The molecule has 0 aromatic carbocycles. The van der Waals surface area contributed by atoms with Crippen molar-refractivity contribution >= 4 is 17.6 Å². The second kappa shape index (κ2) is 6.55. The van der Waals surface area contributed by atoms with Crippen LogP contribution in [0.1, 0.15) is 56.2 Å². The molecule has 1 saturated heterocycles. The van der Waals surface area contributed by atoms with Crippen LogP contribution in [-0.2, 0) is 11.3 Å². The van der Waals surface area contributed by atoms with E-state index in [4.69, 9.17) is 4.74 Å². The van der Waals surface area contributed by atoms with Crippen molar-refractivity contribution in [1.29, 1.82) is 0 Å². The lowest BCUT2D eigenvalue weighted by Crippen LogP contribution is -2.52. The Morgan fingerprint density at radius 2 is 2.11 bits per heavy atom. The van der Waals surface area contributed by atoms with Crippen LogP contribution in [0.5, 0.6) is 0 Å². The number of imidazole rings is 1. The fourth-order valence-electron chi connectivity index (χ4n) is 3.96. The Bertz CT molecular complexity index is 883. The molecule has 2 aliphatic heterocycles. The summed E-state index contributed by atoms with van der Waals surface area (Å²) in [4.78, 5) is 33.6. The number of amides is 2. The largest absolute Gasteiger partial charge is 0.444 e. The van der Waals surface area contributed by atoms with Crippen molar-refractivity contribution in [2.24, 2.45) is 0 Å². The second-order valence-corrected chi connectivity index (χ2v) is 8.36. The second-order valence-electron chi connectivity index (χ2n) is 8.36. The third kappa shape index (κ3) is 3.38. The highest BCUT2D eigenvalue weighted by atomic mass is 16.6. The summed E-state index contributed by atoms with van der Waals surface area (Å²) in [6, 6.07) is 5.86. The van der Waals surface area contributed by atoms with E-state index >= 15 is 0 Å². The van der Waals surface area contributed by atoms with Crippen LogP contribution < -0.4 is 0 Å². The topological polar surface area (TPSA) is 67.2 Å². The van der Waals surface area contributed by atoms with E-state index in [1.165, 1.54) is 0 Å². The zero-order valence-corrected chi connectivity index (χ0v) is 16.1. The van der Waals surface area contributed by atoms with E-state index in [9.17, 15) is 9.59 Å². The predicted octanol–water partition coefficient (Wildman–Crippen LogP) is 3.08. The summed E-state index contributed by atoms with van der Waals surface area (Å²) >= 11 is 0. The molecule has 1 atom stereocenters. The number of rotatable bonds is 2. The first-order valence-electron chi connectivity index (χ1n) is 9.58. The summed E-state index contributed by atoms with van der Waals surface area (Å²) in [5.41, 5.74) is 1.90. The van der Waals surface area contributed by atoms with Crippen molar-refractivity contribution in [3.8, 4) is 0 Å². The van der Waals surface area contributed by atoms with Crippen LogP contribution in [0.25, 0.3) is 5.65 Å². The molecular weight excluding hydrogens is 344 g/mol. The van der Waals surface area contributed by atoms with Gasteiger partial charge in [0.1, 0.15) is 16.9 Å². The first-order chi connectivity index (χ1) is 12.8. The van der Waals surface area contributed by atoms with Crippen molar-refractivity contribution < 1.29 is 14.3 Å². The molecule has 2 aromatic heterocycles. The van der Waals surface area contributed by atoms with Gasteiger partial charge in [-0.05, 0) is 52.2 Å². The molecule has 2 aromatic rings. The van der Waals surface area contributed by atoms with Crippen molar-refractivity contribution in [1.82, 2.24) is 19.2 Å². The van der Waals surface area contributed by atoms with E-state index in [1.807, 2.05) is 48.3 Å². The van der Waals surface area contributed by atoms with Gasteiger partial charge in [0, 0.05) is 18.8 Å². The molecule has 2 amide bonds. The maximum atomic E-state index is 13.0. The Morgan fingerprint density at radius 3 is 2.89 bits per heavy atom. The Morgan fingerprint density at radius 1 is 1.30 bits per heavy atom. The van der Waals surface area contributed by atoms with Gasteiger partial charge in [0.05, 0.1) is 18.8 Å². The van der Waals surface area contributed by atoms with Gasteiger partial charge in [-0.25, -0.2) is 9.78 Å². The van der Waals surface area contributed by atoms with Crippen molar-refractivity contribution in [3.05, 3.63) is 35.8 Å². The minimum atomic E-state index is -0.526. The van der Waals surface area contributed by atoms with Gasteiger partial charge in [-0.15, -0.1) is 0 Å².